The normalized spacial score (nSPS) is 14.3. The number of aliphatic hydroxyl groups excluding tert-OH is 1. The van der Waals surface area contributed by atoms with Crippen LogP contribution in [-0.4, -0.2) is 96.7 Å². The van der Waals surface area contributed by atoms with Crippen LogP contribution in [0, 0.1) is 17.8 Å². The van der Waals surface area contributed by atoms with Crippen LogP contribution in [0.25, 0.3) is 0 Å². The van der Waals surface area contributed by atoms with Crippen LogP contribution in [-0.2, 0) is 65.4 Å². The van der Waals surface area contributed by atoms with Gasteiger partial charge in [0, 0.05) is 25.7 Å². The maximum Gasteiger partial charge on any atom is 0.472 e. The summed E-state index contributed by atoms with van der Waals surface area (Å²) in [5.74, 6) is 0.104. The van der Waals surface area contributed by atoms with Gasteiger partial charge < -0.3 is 33.8 Å². The topological polar surface area (TPSA) is 237 Å². The highest BCUT2D eigenvalue weighted by Crippen LogP contribution is 2.45. The second kappa shape index (κ2) is 58.2. The fraction of sp³-hybridized carbons (Fsp3) is 0.940. The van der Waals surface area contributed by atoms with Gasteiger partial charge in [-0.3, -0.25) is 37.3 Å². The molecule has 17 nitrogen and oxygen atoms in total. The van der Waals surface area contributed by atoms with Gasteiger partial charge in [0.15, 0.2) is 12.2 Å². The zero-order chi connectivity index (χ0) is 63.8. The number of unbranched alkanes of at least 4 members (excludes halogenated alkanes) is 33. The molecule has 0 aromatic rings. The molecule has 0 aromatic heterocycles. The van der Waals surface area contributed by atoms with Crippen molar-refractivity contribution in [3.8, 4) is 0 Å². The van der Waals surface area contributed by atoms with Crippen molar-refractivity contribution in [3.63, 3.8) is 0 Å². The quantitative estimate of drug-likeness (QED) is 0.0222. The maximum absolute atomic E-state index is 13.0. The van der Waals surface area contributed by atoms with E-state index in [0.717, 1.165) is 115 Å². The van der Waals surface area contributed by atoms with E-state index < -0.39 is 97.5 Å². The molecule has 5 atom stereocenters. The standard InChI is InChI=1S/C67H130O17P2/c1-8-9-10-11-24-34-41-48-64(69)77-54-62(84-67(72)51-44-37-30-23-27-33-40-47-60(6)7)56-81-85(73,74)79-52-61(68)53-80-86(75,76)82-57-63(55-78-65(70)49-42-35-28-21-18-17-20-26-32-39-46-59(4)5)83-66(71)50-43-36-29-22-16-14-12-13-15-19-25-31-38-45-58(2)3/h58-63,68H,8-57H2,1-7H3,(H,73,74)(H,75,76)/t61-,62+,63+/m0/s1. The summed E-state index contributed by atoms with van der Waals surface area (Å²) in [7, 11) is -9.89. The second-order valence-corrected chi connectivity index (χ2v) is 28.5. The molecule has 0 fully saturated rings. The summed E-state index contributed by atoms with van der Waals surface area (Å²) in [4.78, 5) is 72.2. The molecule has 0 saturated heterocycles. The molecule has 0 radical (unpaired) electrons. The van der Waals surface area contributed by atoms with E-state index in [1.165, 1.54) is 128 Å². The second-order valence-electron chi connectivity index (χ2n) is 25.6. The van der Waals surface area contributed by atoms with Crippen LogP contribution in [0.15, 0.2) is 0 Å². The fourth-order valence-corrected chi connectivity index (χ4v) is 11.6. The molecule has 0 saturated carbocycles. The third-order valence-electron chi connectivity index (χ3n) is 15.4. The molecule has 0 amide bonds. The Balaban J connectivity index is 5.21. The zero-order valence-corrected chi connectivity index (χ0v) is 57.6. The number of ether oxygens (including phenoxy) is 4. The lowest BCUT2D eigenvalue weighted by Crippen LogP contribution is -2.30. The van der Waals surface area contributed by atoms with Gasteiger partial charge in [0.2, 0.25) is 0 Å². The first-order valence-electron chi connectivity index (χ1n) is 34.8. The molecule has 0 aromatic carbocycles. The van der Waals surface area contributed by atoms with Crippen molar-refractivity contribution in [1.82, 2.24) is 0 Å². The first kappa shape index (κ1) is 84.1. The number of rotatable bonds is 65. The van der Waals surface area contributed by atoms with Crippen molar-refractivity contribution < 1.29 is 80.2 Å². The van der Waals surface area contributed by atoms with Crippen LogP contribution in [0.2, 0.25) is 0 Å². The number of hydrogen-bond donors (Lipinski definition) is 3. The first-order valence-corrected chi connectivity index (χ1v) is 37.8. The minimum Gasteiger partial charge on any atom is -0.462 e. The van der Waals surface area contributed by atoms with Gasteiger partial charge in [-0.1, -0.05) is 280 Å². The van der Waals surface area contributed by atoms with Crippen molar-refractivity contribution in [2.45, 2.75) is 349 Å². The highest BCUT2D eigenvalue weighted by atomic mass is 31.2. The minimum atomic E-state index is -4.95. The molecule has 0 spiro atoms. The molecule has 0 heterocycles. The van der Waals surface area contributed by atoms with E-state index in [9.17, 15) is 43.2 Å². The van der Waals surface area contributed by atoms with Gasteiger partial charge in [-0.15, -0.1) is 0 Å². The molecule has 2 unspecified atom stereocenters. The average Bonchev–Trinajstić information content (AvgIpc) is 3.66. The Hall–Kier alpha value is -1.94. The lowest BCUT2D eigenvalue weighted by Gasteiger charge is -2.21. The van der Waals surface area contributed by atoms with Gasteiger partial charge in [-0.25, -0.2) is 9.13 Å². The zero-order valence-electron chi connectivity index (χ0n) is 55.8. The highest BCUT2D eigenvalue weighted by molar-refractivity contribution is 7.47. The molecule has 3 N–H and O–H groups in total. The summed E-state index contributed by atoms with van der Waals surface area (Å²) in [6, 6.07) is 0. The number of carbonyl (C=O) groups is 4. The number of phosphoric ester groups is 2. The van der Waals surface area contributed by atoms with E-state index in [4.69, 9.17) is 37.0 Å². The summed E-state index contributed by atoms with van der Waals surface area (Å²) in [6.45, 7) is 11.7. The van der Waals surface area contributed by atoms with Crippen LogP contribution in [0.5, 0.6) is 0 Å². The molecule has 0 aliphatic heterocycles. The number of esters is 4. The van der Waals surface area contributed by atoms with Crippen LogP contribution < -0.4 is 0 Å². The Kier molecular flexibility index (Phi) is 56.9. The number of carbonyl (C=O) groups excluding carboxylic acids is 4. The maximum atomic E-state index is 13.0. The van der Waals surface area contributed by atoms with E-state index in [0.29, 0.717) is 31.6 Å². The number of aliphatic hydroxyl groups is 1. The Morgan fingerprint density at radius 2 is 0.535 bits per heavy atom. The molecule has 0 aliphatic rings. The third kappa shape index (κ3) is 60.9. The number of hydrogen-bond acceptors (Lipinski definition) is 15. The van der Waals surface area contributed by atoms with Crippen LogP contribution in [0.1, 0.15) is 331 Å². The number of phosphoric acid groups is 2. The van der Waals surface area contributed by atoms with Gasteiger partial charge in [0.1, 0.15) is 19.3 Å². The summed E-state index contributed by atoms with van der Waals surface area (Å²) in [6.07, 6.45) is 40.5. The lowest BCUT2D eigenvalue weighted by atomic mass is 10.0. The van der Waals surface area contributed by atoms with Gasteiger partial charge in [-0.2, -0.15) is 0 Å². The lowest BCUT2D eigenvalue weighted by molar-refractivity contribution is -0.161. The predicted octanol–water partition coefficient (Wildman–Crippen LogP) is 18.7. The van der Waals surface area contributed by atoms with E-state index >= 15 is 0 Å². The first-order chi connectivity index (χ1) is 41.2. The third-order valence-corrected chi connectivity index (χ3v) is 17.3. The van der Waals surface area contributed by atoms with Crippen LogP contribution in [0.3, 0.4) is 0 Å². The summed E-state index contributed by atoms with van der Waals surface area (Å²) in [5, 5.41) is 10.5. The van der Waals surface area contributed by atoms with Gasteiger partial charge in [-0.05, 0) is 43.4 Å². The Morgan fingerprint density at radius 1 is 0.314 bits per heavy atom. The Labute approximate surface area is 524 Å². The van der Waals surface area contributed by atoms with E-state index in [1.54, 1.807) is 0 Å². The summed E-state index contributed by atoms with van der Waals surface area (Å²) < 4.78 is 68.0. The minimum absolute atomic E-state index is 0.103. The molecule has 0 bridgehead atoms. The van der Waals surface area contributed by atoms with Crippen LogP contribution in [0.4, 0.5) is 0 Å². The van der Waals surface area contributed by atoms with Crippen molar-refractivity contribution in [2.24, 2.45) is 17.8 Å². The molecule has 0 aliphatic carbocycles. The van der Waals surface area contributed by atoms with Crippen molar-refractivity contribution >= 4 is 39.5 Å². The molecule has 0 rings (SSSR count). The van der Waals surface area contributed by atoms with E-state index in [2.05, 4.69) is 48.5 Å². The van der Waals surface area contributed by atoms with Crippen molar-refractivity contribution in [2.75, 3.05) is 39.6 Å². The summed E-state index contributed by atoms with van der Waals surface area (Å²) >= 11 is 0. The van der Waals surface area contributed by atoms with E-state index in [1.807, 2.05) is 0 Å². The molecule has 19 heteroatoms. The molecular formula is C67H130O17P2. The SMILES string of the molecule is CCCCCCCCCC(=O)OC[C@H](COP(=O)(O)OC[C@H](O)COP(=O)(O)OC[C@@H](COC(=O)CCCCCCCCCCCCC(C)C)OC(=O)CCCCCCCCCCCCCCCC(C)C)OC(=O)CCCCCCCCCC(C)C. The Bertz CT molecular complexity index is 1700. The van der Waals surface area contributed by atoms with Gasteiger partial charge in [0.25, 0.3) is 0 Å². The highest BCUT2D eigenvalue weighted by Gasteiger charge is 2.30. The van der Waals surface area contributed by atoms with Crippen molar-refractivity contribution in [1.29, 1.82) is 0 Å². The van der Waals surface area contributed by atoms with Gasteiger partial charge in [0.05, 0.1) is 26.4 Å². The largest absolute Gasteiger partial charge is 0.472 e. The monoisotopic (exact) mass is 1270 g/mol. The molecular weight excluding hydrogens is 1140 g/mol. The predicted molar refractivity (Wildman–Crippen MR) is 344 cm³/mol. The fourth-order valence-electron chi connectivity index (χ4n) is 10.0. The Morgan fingerprint density at radius 3 is 0.791 bits per heavy atom. The van der Waals surface area contributed by atoms with Gasteiger partial charge >= 0.3 is 39.5 Å². The molecule has 86 heavy (non-hydrogen) atoms. The smallest absolute Gasteiger partial charge is 0.462 e. The molecule has 510 valence electrons. The summed E-state index contributed by atoms with van der Waals surface area (Å²) in [5.41, 5.74) is 0. The average molecular weight is 1270 g/mol. The van der Waals surface area contributed by atoms with E-state index in [-0.39, 0.29) is 25.7 Å². The van der Waals surface area contributed by atoms with Crippen molar-refractivity contribution in [3.05, 3.63) is 0 Å². The van der Waals surface area contributed by atoms with Crippen LogP contribution >= 0.6 is 15.6 Å².